The third-order valence-electron chi connectivity index (χ3n) is 1.46. The summed E-state index contributed by atoms with van der Waals surface area (Å²) in [7, 11) is 0. The molecule has 1 rings (SSSR count). The molecule has 0 amide bonds. The first-order valence-corrected chi connectivity index (χ1v) is 3.09. The predicted octanol–water partition coefficient (Wildman–Crippen LogP) is 0.724. The molecule has 60 valence electrons. The van der Waals surface area contributed by atoms with Gasteiger partial charge in [-0.25, -0.2) is 0 Å². The molecule has 0 radical (unpaired) electrons. The molecule has 1 heterocycles. The van der Waals surface area contributed by atoms with Gasteiger partial charge in [0.25, 0.3) is 5.69 Å². The second-order valence-electron chi connectivity index (χ2n) is 2.21. The molecule has 0 aliphatic carbocycles. The number of aliphatic hydroxyl groups excluding tert-OH is 1. The fraction of sp³-hybridized carbons (Fsp3) is 0.333. The van der Waals surface area contributed by atoms with Crippen LogP contribution in [0.25, 0.3) is 0 Å². The molecule has 0 saturated carbocycles. The van der Waals surface area contributed by atoms with Gasteiger partial charge in [0.15, 0.2) is 0 Å². The number of aliphatic hydroxyl groups is 1. The van der Waals surface area contributed by atoms with E-state index in [1.54, 1.807) is 6.92 Å². The van der Waals surface area contributed by atoms with Gasteiger partial charge < -0.3 is 10.1 Å². The number of hydrogen-bond donors (Lipinski definition) is 2. The molecule has 5 heteroatoms. The number of nitrogens with zero attached hydrogens (tertiary/aromatic N) is 1. The van der Waals surface area contributed by atoms with Crippen LogP contribution in [0.15, 0.2) is 6.20 Å². The molecule has 0 unspecified atom stereocenters. The van der Waals surface area contributed by atoms with Crippen LogP contribution in [0, 0.1) is 17.0 Å². The van der Waals surface area contributed by atoms with E-state index in [1.807, 2.05) is 0 Å². The van der Waals surface area contributed by atoms with Gasteiger partial charge in [-0.05, 0) is 6.92 Å². The standard InChI is InChI=1S/C6H8N2O3/c1-4-2-7-5(3-9)6(4)8(10)11/h2,7,9H,3H2,1H3. The first kappa shape index (κ1) is 7.74. The summed E-state index contributed by atoms with van der Waals surface area (Å²) in [5.74, 6) is 0. The Bertz CT molecular complexity index is 279. The van der Waals surface area contributed by atoms with E-state index >= 15 is 0 Å². The molecule has 0 saturated heterocycles. The number of nitro groups is 1. The quantitative estimate of drug-likeness (QED) is 0.489. The summed E-state index contributed by atoms with van der Waals surface area (Å²) in [4.78, 5) is 12.4. The van der Waals surface area contributed by atoms with E-state index < -0.39 is 4.92 Å². The van der Waals surface area contributed by atoms with Gasteiger partial charge in [-0.3, -0.25) is 10.1 Å². The number of H-pyrrole nitrogens is 1. The van der Waals surface area contributed by atoms with E-state index in [0.29, 0.717) is 5.56 Å². The van der Waals surface area contributed by atoms with E-state index in [0.717, 1.165) is 0 Å². The van der Waals surface area contributed by atoms with Crippen LogP contribution in [-0.2, 0) is 6.61 Å². The molecular weight excluding hydrogens is 148 g/mol. The molecule has 0 aliphatic rings. The van der Waals surface area contributed by atoms with E-state index in [9.17, 15) is 10.1 Å². The highest BCUT2D eigenvalue weighted by atomic mass is 16.6. The summed E-state index contributed by atoms with van der Waals surface area (Å²) in [5, 5.41) is 19.0. The normalized spacial score (nSPS) is 10.0. The second-order valence-corrected chi connectivity index (χ2v) is 2.21. The Hall–Kier alpha value is -1.36. The minimum atomic E-state index is -0.503. The summed E-state index contributed by atoms with van der Waals surface area (Å²) in [6.07, 6.45) is 1.50. The SMILES string of the molecule is Cc1c[nH]c(CO)c1[N+](=O)[O-]. The number of aromatic nitrogens is 1. The van der Waals surface area contributed by atoms with Crippen molar-refractivity contribution in [1.82, 2.24) is 4.98 Å². The highest BCUT2D eigenvalue weighted by molar-refractivity contribution is 5.43. The maximum Gasteiger partial charge on any atom is 0.295 e. The van der Waals surface area contributed by atoms with Crippen LogP contribution >= 0.6 is 0 Å². The number of aryl methyl sites for hydroxylation is 1. The van der Waals surface area contributed by atoms with Gasteiger partial charge in [-0.1, -0.05) is 0 Å². The summed E-state index contributed by atoms with van der Waals surface area (Å²) >= 11 is 0. The highest BCUT2D eigenvalue weighted by Crippen LogP contribution is 2.21. The van der Waals surface area contributed by atoms with E-state index in [1.165, 1.54) is 6.20 Å². The summed E-state index contributed by atoms with van der Waals surface area (Å²) in [6, 6.07) is 0. The number of nitrogens with one attached hydrogen (secondary N) is 1. The molecule has 2 N–H and O–H groups in total. The van der Waals surface area contributed by atoms with Crippen LogP contribution in [0.4, 0.5) is 5.69 Å². The third-order valence-corrected chi connectivity index (χ3v) is 1.46. The van der Waals surface area contributed by atoms with Crippen molar-refractivity contribution >= 4 is 5.69 Å². The van der Waals surface area contributed by atoms with Gasteiger partial charge >= 0.3 is 0 Å². The second kappa shape index (κ2) is 2.71. The molecule has 0 spiro atoms. The monoisotopic (exact) mass is 156 g/mol. The molecule has 0 fully saturated rings. The minimum Gasteiger partial charge on any atom is -0.390 e. The Labute approximate surface area is 62.8 Å². The lowest BCUT2D eigenvalue weighted by atomic mass is 10.3. The lowest BCUT2D eigenvalue weighted by Crippen LogP contribution is -1.93. The molecule has 0 bridgehead atoms. The number of rotatable bonds is 2. The lowest BCUT2D eigenvalue weighted by Gasteiger charge is -1.91. The van der Waals surface area contributed by atoms with Crippen LogP contribution in [0.1, 0.15) is 11.3 Å². The Morgan fingerprint density at radius 3 is 2.82 bits per heavy atom. The topological polar surface area (TPSA) is 79.2 Å². The average Bonchev–Trinajstić information content (AvgIpc) is 2.30. The Kier molecular flexibility index (Phi) is 1.91. The Morgan fingerprint density at radius 2 is 2.45 bits per heavy atom. The van der Waals surface area contributed by atoms with Gasteiger partial charge in [-0.2, -0.15) is 0 Å². The van der Waals surface area contributed by atoms with Crippen molar-refractivity contribution in [1.29, 1.82) is 0 Å². The predicted molar refractivity (Wildman–Crippen MR) is 38.1 cm³/mol. The maximum absolute atomic E-state index is 10.3. The van der Waals surface area contributed by atoms with Crippen LogP contribution < -0.4 is 0 Å². The van der Waals surface area contributed by atoms with Gasteiger partial charge in [0.2, 0.25) is 0 Å². The smallest absolute Gasteiger partial charge is 0.295 e. The van der Waals surface area contributed by atoms with Crippen LogP contribution in [0.2, 0.25) is 0 Å². The largest absolute Gasteiger partial charge is 0.390 e. The van der Waals surface area contributed by atoms with Gasteiger partial charge in [-0.15, -0.1) is 0 Å². The third kappa shape index (κ3) is 1.22. The number of aromatic amines is 1. The molecule has 0 aliphatic heterocycles. The lowest BCUT2D eigenvalue weighted by molar-refractivity contribution is -0.386. The zero-order valence-electron chi connectivity index (χ0n) is 6.00. The summed E-state index contributed by atoms with van der Waals surface area (Å²) in [5.41, 5.74) is 0.777. The molecule has 1 aromatic heterocycles. The molecule has 0 aromatic carbocycles. The van der Waals surface area contributed by atoms with Crippen LogP contribution in [-0.4, -0.2) is 15.0 Å². The van der Waals surface area contributed by atoms with Crippen molar-refractivity contribution in [3.63, 3.8) is 0 Å². The van der Waals surface area contributed by atoms with Gasteiger partial charge in [0.05, 0.1) is 11.5 Å². The van der Waals surface area contributed by atoms with Crippen LogP contribution in [0.3, 0.4) is 0 Å². The fourth-order valence-electron chi connectivity index (χ4n) is 0.945. The average molecular weight is 156 g/mol. The molecular formula is C6H8N2O3. The van der Waals surface area contributed by atoms with Gasteiger partial charge in [0.1, 0.15) is 5.69 Å². The van der Waals surface area contributed by atoms with E-state index in [2.05, 4.69) is 4.98 Å². The van der Waals surface area contributed by atoms with Crippen molar-refractivity contribution in [3.8, 4) is 0 Å². The van der Waals surface area contributed by atoms with Crippen molar-refractivity contribution in [2.75, 3.05) is 0 Å². The first-order valence-electron chi connectivity index (χ1n) is 3.09. The molecule has 0 atom stereocenters. The van der Waals surface area contributed by atoms with Gasteiger partial charge in [0, 0.05) is 11.8 Å². The minimum absolute atomic E-state index is 0.0208. The summed E-state index contributed by atoms with van der Waals surface area (Å²) in [6.45, 7) is 1.29. The van der Waals surface area contributed by atoms with Crippen molar-refractivity contribution < 1.29 is 10.0 Å². The van der Waals surface area contributed by atoms with Crippen molar-refractivity contribution in [2.24, 2.45) is 0 Å². The van der Waals surface area contributed by atoms with Crippen molar-refractivity contribution in [2.45, 2.75) is 13.5 Å². The van der Waals surface area contributed by atoms with Crippen LogP contribution in [0.5, 0.6) is 0 Å². The molecule has 11 heavy (non-hydrogen) atoms. The zero-order valence-corrected chi connectivity index (χ0v) is 6.00. The van der Waals surface area contributed by atoms with Crippen molar-refractivity contribution in [3.05, 3.63) is 27.6 Å². The summed E-state index contributed by atoms with van der Waals surface area (Å²) < 4.78 is 0. The Balaban J connectivity index is 3.17. The molecule has 1 aromatic rings. The highest BCUT2D eigenvalue weighted by Gasteiger charge is 2.17. The fourth-order valence-corrected chi connectivity index (χ4v) is 0.945. The Morgan fingerprint density at radius 1 is 1.82 bits per heavy atom. The number of hydrogen-bond acceptors (Lipinski definition) is 3. The van der Waals surface area contributed by atoms with E-state index in [-0.39, 0.29) is 18.0 Å². The molecule has 5 nitrogen and oxygen atoms in total. The first-order chi connectivity index (χ1) is 5.16. The van der Waals surface area contributed by atoms with E-state index in [4.69, 9.17) is 5.11 Å². The zero-order chi connectivity index (χ0) is 8.43. The maximum atomic E-state index is 10.3.